The molecule has 0 saturated heterocycles. The van der Waals surface area contributed by atoms with Gasteiger partial charge >= 0.3 is 0 Å². The lowest BCUT2D eigenvalue weighted by atomic mass is 10.1. The van der Waals surface area contributed by atoms with E-state index in [-0.39, 0.29) is 12.0 Å². The molecule has 27 heavy (non-hydrogen) atoms. The smallest absolute Gasteiger partial charge is 0.252 e. The predicted octanol–water partition coefficient (Wildman–Crippen LogP) is 2.28. The molecule has 1 unspecified atom stereocenters. The summed E-state index contributed by atoms with van der Waals surface area (Å²) in [5.74, 6) is 1.55. The van der Waals surface area contributed by atoms with Crippen LogP contribution in [0.25, 0.3) is 11.3 Å². The topological polar surface area (TPSA) is 78.3 Å². The number of pyridine rings is 1. The summed E-state index contributed by atoms with van der Waals surface area (Å²) >= 11 is 0. The Hall–Kier alpha value is -3.19. The standard InChI is InChI=1S/C20H20N4O3/c1-26-16-6-4-14(5-7-16)18-12-24-11-17(27-13-19(24)23-18)10-22-20(25)15-3-2-8-21-9-15/h2-9,12,17H,10-11,13H2,1H3,(H,22,25). The molecule has 3 heterocycles. The molecule has 1 N–H and O–H groups in total. The third-order valence-electron chi connectivity index (χ3n) is 4.51. The summed E-state index contributed by atoms with van der Waals surface area (Å²) in [6.07, 6.45) is 5.11. The van der Waals surface area contributed by atoms with Gasteiger partial charge in [-0.05, 0) is 36.4 Å². The Balaban J connectivity index is 1.39. The van der Waals surface area contributed by atoms with Gasteiger partial charge in [0.2, 0.25) is 0 Å². The number of imidazole rings is 1. The van der Waals surface area contributed by atoms with Gasteiger partial charge < -0.3 is 19.4 Å². The number of hydrogen-bond acceptors (Lipinski definition) is 5. The number of nitrogens with zero attached hydrogens (tertiary/aromatic N) is 3. The van der Waals surface area contributed by atoms with E-state index in [1.165, 1.54) is 0 Å². The SMILES string of the molecule is COc1ccc(-c2cn3c(n2)COC(CNC(=O)c2cccnc2)C3)cc1. The maximum atomic E-state index is 12.1. The van der Waals surface area contributed by atoms with Crippen molar-refractivity contribution in [1.82, 2.24) is 19.9 Å². The molecular weight excluding hydrogens is 344 g/mol. The van der Waals surface area contributed by atoms with Crippen LogP contribution in [0.15, 0.2) is 55.0 Å². The van der Waals surface area contributed by atoms with Crippen molar-refractivity contribution in [2.24, 2.45) is 0 Å². The average Bonchev–Trinajstić information content (AvgIpc) is 3.16. The van der Waals surface area contributed by atoms with E-state index in [1.807, 2.05) is 30.5 Å². The van der Waals surface area contributed by atoms with E-state index in [4.69, 9.17) is 9.47 Å². The molecule has 0 aliphatic carbocycles. The molecule has 1 atom stereocenters. The number of ether oxygens (including phenoxy) is 2. The number of carbonyl (C=O) groups is 1. The summed E-state index contributed by atoms with van der Waals surface area (Å²) in [5, 5.41) is 2.90. The fourth-order valence-corrected chi connectivity index (χ4v) is 3.02. The second-order valence-electron chi connectivity index (χ2n) is 6.31. The van der Waals surface area contributed by atoms with Crippen molar-refractivity contribution in [2.45, 2.75) is 19.3 Å². The second-order valence-corrected chi connectivity index (χ2v) is 6.31. The molecule has 1 aromatic carbocycles. The first kappa shape index (κ1) is 17.2. The molecule has 0 fully saturated rings. The number of nitrogens with one attached hydrogen (secondary N) is 1. The van der Waals surface area contributed by atoms with E-state index >= 15 is 0 Å². The van der Waals surface area contributed by atoms with Crippen LogP contribution in [-0.2, 0) is 17.9 Å². The fraction of sp³-hybridized carbons (Fsp3) is 0.250. The first-order valence-corrected chi connectivity index (χ1v) is 8.73. The van der Waals surface area contributed by atoms with Crippen LogP contribution < -0.4 is 10.1 Å². The summed E-state index contributed by atoms with van der Waals surface area (Å²) in [5.41, 5.74) is 2.47. The summed E-state index contributed by atoms with van der Waals surface area (Å²) in [6, 6.07) is 11.3. The van der Waals surface area contributed by atoms with Crippen LogP contribution in [0.2, 0.25) is 0 Å². The van der Waals surface area contributed by atoms with Gasteiger partial charge in [0, 0.05) is 30.7 Å². The van der Waals surface area contributed by atoms with E-state index in [9.17, 15) is 4.79 Å². The number of aromatic nitrogens is 3. The van der Waals surface area contributed by atoms with Crippen LogP contribution in [-0.4, -0.2) is 40.2 Å². The van der Waals surface area contributed by atoms with Crippen LogP contribution in [0.1, 0.15) is 16.2 Å². The van der Waals surface area contributed by atoms with E-state index in [0.717, 1.165) is 22.8 Å². The number of methoxy groups -OCH3 is 1. The maximum absolute atomic E-state index is 12.1. The van der Waals surface area contributed by atoms with Crippen molar-refractivity contribution < 1.29 is 14.3 Å². The molecule has 7 nitrogen and oxygen atoms in total. The molecule has 2 aromatic heterocycles. The summed E-state index contributed by atoms with van der Waals surface area (Å²) in [7, 11) is 1.65. The summed E-state index contributed by atoms with van der Waals surface area (Å²) in [4.78, 5) is 20.8. The van der Waals surface area contributed by atoms with Gasteiger partial charge in [0.05, 0.1) is 31.0 Å². The summed E-state index contributed by atoms with van der Waals surface area (Å²) < 4.78 is 13.1. The predicted molar refractivity (Wildman–Crippen MR) is 99.4 cm³/mol. The van der Waals surface area contributed by atoms with Crippen LogP contribution in [0, 0.1) is 0 Å². The zero-order valence-electron chi connectivity index (χ0n) is 15.0. The van der Waals surface area contributed by atoms with Gasteiger partial charge in [0.25, 0.3) is 5.91 Å². The Morgan fingerprint density at radius 2 is 2.19 bits per heavy atom. The highest BCUT2D eigenvalue weighted by Crippen LogP contribution is 2.24. The lowest BCUT2D eigenvalue weighted by Crippen LogP contribution is -2.38. The zero-order chi connectivity index (χ0) is 18.6. The van der Waals surface area contributed by atoms with Crippen LogP contribution in [0.5, 0.6) is 5.75 Å². The monoisotopic (exact) mass is 364 g/mol. The van der Waals surface area contributed by atoms with Crippen molar-refractivity contribution in [2.75, 3.05) is 13.7 Å². The Bertz CT molecular complexity index is 922. The quantitative estimate of drug-likeness (QED) is 0.751. The molecule has 3 aromatic rings. The van der Waals surface area contributed by atoms with Crippen LogP contribution in [0.3, 0.4) is 0 Å². The lowest BCUT2D eigenvalue weighted by molar-refractivity contribution is 0.00327. The molecule has 138 valence electrons. The van der Waals surface area contributed by atoms with Gasteiger partial charge in [-0.25, -0.2) is 4.98 Å². The lowest BCUT2D eigenvalue weighted by Gasteiger charge is -2.24. The molecule has 0 radical (unpaired) electrons. The average molecular weight is 364 g/mol. The first-order chi connectivity index (χ1) is 13.2. The number of amides is 1. The molecule has 1 aliphatic rings. The number of hydrogen-bond donors (Lipinski definition) is 1. The number of fused-ring (bicyclic) bond motifs is 1. The van der Waals surface area contributed by atoms with Crippen molar-refractivity contribution in [1.29, 1.82) is 0 Å². The maximum Gasteiger partial charge on any atom is 0.252 e. The zero-order valence-corrected chi connectivity index (χ0v) is 15.0. The highest BCUT2D eigenvalue weighted by Gasteiger charge is 2.22. The van der Waals surface area contributed by atoms with Crippen molar-refractivity contribution >= 4 is 5.91 Å². The number of carbonyl (C=O) groups excluding carboxylic acids is 1. The third-order valence-corrected chi connectivity index (χ3v) is 4.51. The number of rotatable bonds is 5. The van der Waals surface area contributed by atoms with E-state index in [0.29, 0.717) is 25.3 Å². The Labute approximate surface area is 157 Å². The number of benzene rings is 1. The second kappa shape index (κ2) is 7.59. The van der Waals surface area contributed by atoms with E-state index in [1.54, 1.807) is 31.6 Å². The minimum absolute atomic E-state index is 0.101. The highest BCUT2D eigenvalue weighted by atomic mass is 16.5. The minimum Gasteiger partial charge on any atom is -0.497 e. The van der Waals surface area contributed by atoms with Crippen molar-refractivity contribution in [3.05, 3.63) is 66.4 Å². The molecule has 7 heteroatoms. The molecular formula is C20H20N4O3. The molecule has 0 saturated carbocycles. The van der Waals surface area contributed by atoms with Gasteiger partial charge in [-0.15, -0.1) is 0 Å². The van der Waals surface area contributed by atoms with Crippen molar-refractivity contribution in [3.8, 4) is 17.0 Å². The minimum atomic E-state index is -0.151. The molecule has 0 bridgehead atoms. The Morgan fingerprint density at radius 1 is 1.33 bits per heavy atom. The van der Waals surface area contributed by atoms with Crippen LogP contribution in [0.4, 0.5) is 0 Å². The van der Waals surface area contributed by atoms with Crippen molar-refractivity contribution in [3.63, 3.8) is 0 Å². The van der Waals surface area contributed by atoms with E-state index < -0.39 is 0 Å². The molecule has 4 rings (SSSR count). The fourth-order valence-electron chi connectivity index (χ4n) is 3.02. The molecule has 0 spiro atoms. The van der Waals surface area contributed by atoms with Crippen LogP contribution >= 0.6 is 0 Å². The molecule has 1 aliphatic heterocycles. The Morgan fingerprint density at radius 3 is 2.93 bits per heavy atom. The highest BCUT2D eigenvalue weighted by molar-refractivity contribution is 5.93. The van der Waals surface area contributed by atoms with Gasteiger partial charge in [-0.3, -0.25) is 9.78 Å². The van der Waals surface area contributed by atoms with Gasteiger partial charge in [-0.1, -0.05) is 0 Å². The van der Waals surface area contributed by atoms with Gasteiger partial charge in [0.15, 0.2) is 0 Å². The largest absolute Gasteiger partial charge is 0.497 e. The Kier molecular flexibility index (Phi) is 4.84. The van der Waals surface area contributed by atoms with Gasteiger partial charge in [0.1, 0.15) is 18.2 Å². The molecule has 1 amide bonds. The third kappa shape index (κ3) is 3.83. The summed E-state index contributed by atoms with van der Waals surface area (Å²) in [6.45, 7) is 1.50. The normalized spacial score (nSPS) is 15.8. The van der Waals surface area contributed by atoms with Gasteiger partial charge in [-0.2, -0.15) is 0 Å². The first-order valence-electron chi connectivity index (χ1n) is 8.73. The van der Waals surface area contributed by atoms with E-state index in [2.05, 4.69) is 19.9 Å².